The first-order valence-corrected chi connectivity index (χ1v) is 13.8. The molecule has 8 heteroatoms. The van der Waals surface area contributed by atoms with Gasteiger partial charge in [0.25, 0.3) is 0 Å². The lowest BCUT2D eigenvalue weighted by molar-refractivity contribution is -0.117. The topological polar surface area (TPSA) is 83.9 Å². The number of carbonyl (C=O) groups excluding carboxylic acids is 1. The maximum atomic E-state index is 12.9. The number of hydrogen-bond acceptors (Lipinski definition) is 6. The molecule has 3 saturated heterocycles. The van der Waals surface area contributed by atoms with Crippen LogP contribution in [0.2, 0.25) is 5.02 Å². The van der Waals surface area contributed by atoms with E-state index >= 15 is 0 Å². The predicted molar refractivity (Wildman–Crippen MR) is 139 cm³/mol. The molecule has 1 aromatic heterocycles. The molecule has 6 rings (SSSR count). The number of ether oxygens (including phenoxy) is 2. The quantitative estimate of drug-likeness (QED) is 0.623. The van der Waals surface area contributed by atoms with Crippen LogP contribution in [-0.2, 0) is 14.3 Å². The number of likely N-dealkylation sites (tertiary alicyclic amines) is 1. The Labute approximate surface area is 217 Å². The molecular weight excluding hydrogens is 478 g/mol. The van der Waals surface area contributed by atoms with Gasteiger partial charge in [-0.2, -0.15) is 0 Å². The molecule has 36 heavy (non-hydrogen) atoms. The van der Waals surface area contributed by atoms with Gasteiger partial charge in [0.15, 0.2) is 0 Å². The second-order valence-electron chi connectivity index (χ2n) is 11.4. The van der Waals surface area contributed by atoms with Gasteiger partial charge in [-0.1, -0.05) is 11.6 Å². The molecule has 4 aliphatic rings. The van der Waals surface area contributed by atoms with Crippen LogP contribution in [0.4, 0.5) is 5.82 Å². The number of pyridine rings is 1. The number of fused-ring (bicyclic) bond motifs is 1. The smallest absolute Gasteiger partial charge is 0.228 e. The summed E-state index contributed by atoms with van der Waals surface area (Å²) in [6.45, 7) is 6.55. The Bertz CT molecular complexity index is 1130. The number of rotatable bonds is 5. The second kappa shape index (κ2) is 9.84. The van der Waals surface area contributed by atoms with Crippen LogP contribution in [0.3, 0.4) is 0 Å². The maximum absolute atomic E-state index is 12.9. The number of amides is 1. The van der Waals surface area contributed by atoms with Crippen LogP contribution in [0.1, 0.15) is 50.5 Å². The van der Waals surface area contributed by atoms with Crippen molar-refractivity contribution < 1.29 is 19.4 Å². The Morgan fingerprint density at radius 1 is 1.14 bits per heavy atom. The average molecular weight is 514 g/mol. The molecule has 1 amide bonds. The standard InChI is InChI=1S/C28H36ClN3O4/c1-28(16-36-15-25(28)33)32-6-2-17(3-7-32)22-10-19-12-26(30-14-20(19)11-24(22)29)31-27(34)23-13-21(23)18-4-8-35-9-5-18/h10-12,14,17-18,21,23,25,33H,2-9,13,15-16H2,1H3,(H,30,31,34)/t21-,23-,25+,28-/m1/s1. The lowest BCUT2D eigenvalue weighted by atomic mass is 9.85. The molecular formula is C28H36ClN3O4. The van der Waals surface area contributed by atoms with Gasteiger partial charge in [-0.25, -0.2) is 4.98 Å². The highest BCUT2D eigenvalue weighted by Crippen LogP contribution is 2.48. The summed E-state index contributed by atoms with van der Waals surface area (Å²) in [5.41, 5.74) is 0.852. The van der Waals surface area contributed by atoms with Crippen molar-refractivity contribution in [2.75, 3.05) is 44.8 Å². The third-order valence-electron chi connectivity index (χ3n) is 9.18. The minimum atomic E-state index is -0.443. The fourth-order valence-corrected chi connectivity index (χ4v) is 6.95. The van der Waals surface area contributed by atoms with E-state index < -0.39 is 6.10 Å². The van der Waals surface area contributed by atoms with Crippen LogP contribution in [0.15, 0.2) is 24.4 Å². The number of carbonyl (C=O) groups is 1. The number of benzene rings is 1. The fraction of sp³-hybridized carbons (Fsp3) is 0.643. The lowest BCUT2D eigenvalue weighted by Crippen LogP contribution is -2.56. The minimum absolute atomic E-state index is 0.0893. The van der Waals surface area contributed by atoms with Gasteiger partial charge in [-0.15, -0.1) is 0 Å². The van der Waals surface area contributed by atoms with Crippen LogP contribution in [0, 0.1) is 17.8 Å². The number of nitrogens with zero attached hydrogens (tertiary/aromatic N) is 2. The van der Waals surface area contributed by atoms with Crippen molar-refractivity contribution in [1.29, 1.82) is 0 Å². The molecule has 2 N–H and O–H groups in total. The zero-order valence-corrected chi connectivity index (χ0v) is 21.7. The summed E-state index contributed by atoms with van der Waals surface area (Å²) >= 11 is 6.73. The van der Waals surface area contributed by atoms with E-state index in [4.69, 9.17) is 21.1 Å². The van der Waals surface area contributed by atoms with Crippen LogP contribution in [0.5, 0.6) is 0 Å². The van der Waals surface area contributed by atoms with E-state index in [0.717, 1.165) is 79.8 Å². The zero-order chi connectivity index (χ0) is 24.9. The molecule has 0 unspecified atom stereocenters. The molecule has 3 aliphatic heterocycles. The molecule has 4 heterocycles. The van der Waals surface area contributed by atoms with Crippen LogP contribution >= 0.6 is 11.6 Å². The molecule has 2 aromatic rings. The second-order valence-corrected chi connectivity index (χ2v) is 11.8. The maximum Gasteiger partial charge on any atom is 0.228 e. The van der Waals surface area contributed by atoms with Gasteiger partial charge in [-0.3, -0.25) is 9.69 Å². The number of anilines is 1. The number of aliphatic hydroxyl groups is 1. The van der Waals surface area contributed by atoms with Crippen molar-refractivity contribution >= 4 is 34.1 Å². The summed E-state index contributed by atoms with van der Waals surface area (Å²) < 4.78 is 11.0. The van der Waals surface area contributed by atoms with Crippen molar-refractivity contribution in [3.8, 4) is 0 Å². The monoisotopic (exact) mass is 513 g/mol. The van der Waals surface area contributed by atoms with E-state index in [9.17, 15) is 9.90 Å². The summed E-state index contributed by atoms with van der Waals surface area (Å²) in [6, 6.07) is 6.14. The first kappa shape index (κ1) is 24.6. The van der Waals surface area contributed by atoms with Crippen molar-refractivity contribution in [3.63, 3.8) is 0 Å². The van der Waals surface area contributed by atoms with Gasteiger partial charge in [-0.05, 0) is 99.0 Å². The highest BCUT2D eigenvalue weighted by molar-refractivity contribution is 6.32. The summed E-state index contributed by atoms with van der Waals surface area (Å²) in [5, 5.41) is 16.3. The molecule has 0 radical (unpaired) electrons. The van der Waals surface area contributed by atoms with Gasteiger partial charge in [0.1, 0.15) is 5.82 Å². The van der Waals surface area contributed by atoms with Gasteiger partial charge in [0.2, 0.25) is 5.91 Å². The van der Waals surface area contributed by atoms with Crippen LogP contribution < -0.4 is 5.32 Å². The highest BCUT2D eigenvalue weighted by atomic mass is 35.5. The van der Waals surface area contributed by atoms with Crippen molar-refractivity contribution in [3.05, 3.63) is 35.0 Å². The van der Waals surface area contributed by atoms with Gasteiger partial charge in [0, 0.05) is 35.7 Å². The third kappa shape index (κ3) is 4.65. The Hall–Kier alpha value is -1.77. The zero-order valence-electron chi connectivity index (χ0n) is 20.9. The molecule has 4 atom stereocenters. The normalized spacial score (nSPS) is 32.1. The van der Waals surface area contributed by atoms with Crippen molar-refractivity contribution in [2.45, 2.75) is 56.6 Å². The van der Waals surface area contributed by atoms with Crippen molar-refractivity contribution in [2.24, 2.45) is 17.8 Å². The molecule has 1 aliphatic carbocycles. The largest absolute Gasteiger partial charge is 0.389 e. The average Bonchev–Trinajstić information content (AvgIpc) is 3.63. The van der Waals surface area contributed by atoms with Crippen molar-refractivity contribution in [1.82, 2.24) is 9.88 Å². The van der Waals surface area contributed by atoms with E-state index in [1.165, 1.54) is 0 Å². The van der Waals surface area contributed by atoms with Gasteiger partial charge in [0.05, 0.1) is 24.9 Å². The Balaban J connectivity index is 1.13. The minimum Gasteiger partial charge on any atom is -0.389 e. The SMILES string of the molecule is C[C@@]1(N2CCC(c3cc4cc(NC(=O)[C@@H]5C[C@@H]5C5CCOCC5)ncc4cc3Cl)CC2)COC[C@@H]1O. The number of nitrogens with one attached hydrogen (secondary N) is 1. The molecule has 7 nitrogen and oxygen atoms in total. The molecule has 1 saturated carbocycles. The fourth-order valence-electron chi connectivity index (χ4n) is 6.62. The number of aromatic nitrogens is 1. The van der Waals surface area contributed by atoms with Gasteiger partial charge >= 0.3 is 0 Å². The summed E-state index contributed by atoms with van der Waals surface area (Å²) in [4.78, 5) is 19.8. The number of aliphatic hydroxyl groups excluding tert-OH is 1. The van der Waals surface area contributed by atoms with E-state index in [2.05, 4.69) is 28.2 Å². The van der Waals surface area contributed by atoms with E-state index in [0.29, 0.717) is 36.8 Å². The van der Waals surface area contributed by atoms with E-state index in [1.807, 2.05) is 12.1 Å². The summed E-state index contributed by atoms with van der Waals surface area (Å²) in [7, 11) is 0. The van der Waals surface area contributed by atoms with Gasteiger partial charge < -0.3 is 19.9 Å². The number of halogens is 1. The third-order valence-corrected chi connectivity index (χ3v) is 9.51. The predicted octanol–water partition coefficient (Wildman–Crippen LogP) is 4.22. The first-order valence-electron chi connectivity index (χ1n) is 13.4. The van der Waals surface area contributed by atoms with Crippen LogP contribution in [-0.4, -0.2) is 72.1 Å². The van der Waals surface area contributed by atoms with Crippen LogP contribution in [0.25, 0.3) is 10.8 Å². The Kier molecular flexibility index (Phi) is 6.71. The summed E-state index contributed by atoms with van der Waals surface area (Å²) in [6.07, 6.45) is 6.44. The Morgan fingerprint density at radius 2 is 1.92 bits per heavy atom. The lowest BCUT2D eigenvalue weighted by Gasteiger charge is -2.43. The molecule has 4 fully saturated rings. The highest BCUT2D eigenvalue weighted by Gasteiger charge is 2.48. The number of hydrogen-bond donors (Lipinski definition) is 2. The summed E-state index contributed by atoms with van der Waals surface area (Å²) in [5.74, 6) is 2.26. The number of piperidine rings is 1. The van der Waals surface area contributed by atoms with E-state index in [1.54, 1.807) is 6.20 Å². The molecule has 0 bridgehead atoms. The van der Waals surface area contributed by atoms with E-state index in [-0.39, 0.29) is 17.4 Å². The molecule has 1 aromatic carbocycles. The first-order chi connectivity index (χ1) is 17.4. The molecule has 194 valence electrons. The molecule has 0 spiro atoms. The Morgan fingerprint density at radius 3 is 2.64 bits per heavy atom.